The Morgan fingerprint density at radius 1 is 1.37 bits per heavy atom. The van der Waals surface area contributed by atoms with Crippen LogP contribution in [0.3, 0.4) is 0 Å². The summed E-state index contributed by atoms with van der Waals surface area (Å²) in [6, 6.07) is 5.34. The maximum atomic E-state index is 12.0. The average molecular weight is 286 g/mol. The molecule has 0 unspecified atom stereocenters. The predicted octanol–water partition coefficient (Wildman–Crippen LogP) is 1.83. The predicted molar refractivity (Wildman–Crippen MR) is 71.1 cm³/mol. The lowest BCUT2D eigenvalue weighted by molar-refractivity contribution is 0.0696. The Kier molecular flexibility index (Phi) is 5.50. The van der Waals surface area contributed by atoms with Crippen LogP contribution < -0.4 is 0 Å². The number of benzene rings is 1. The van der Waals surface area contributed by atoms with E-state index in [9.17, 15) is 13.2 Å². The second kappa shape index (κ2) is 6.68. The van der Waals surface area contributed by atoms with Crippen LogP contribution in [0.4, 0.5) is 0 Å². The molecule has 1 rings (SSSR count). The summed E-state index contributed by atoms with van der Waals surface area (Å²) in [6.45, 7) is 4.57. The van der Waals surface area contributed by atoms with E-state index in [2.05, 4.69) is 0 Å². The monoisotopic (exact) mass is 286 g/mol. The highest BCUT2D eigenvalue weighted by Crippen LogP contribution is 2.13. The van der Waals surface area contributed by atoms with Gasteiger partial charge in [-0.2, -0.15) is 0 Å². The van der Waals surface area contributed by atoms with Crippen LogP contribution in [-0.2, 0) is 14.6 Å². The minimum absolute atomic E-state index is 0.0144. The SMILES string of the molecule is CC(C)COCCS(=O)(=O)c1cccc(C(=O)O)c1. The molecule has 0 aliphatic carbocycles. The highest BCUT2D eigenvalue weighted by Gasteiger charge is 2.16. The highest BCUT2D eigenvalue weighted by molar-refractivity contribution is 7.91. The van der Waals surface area contributed by atoms with Gasteiger partial charge in [-0.15, -0.1) is 0 Å². The Balaban J connectivity index is 2.72. The van der Waals surface area contributed by atoms with E-state index in [0.29, 0.717) is 12.5 Å². The molecule has 1 aromatic carbocycles. The fraction of sp³-hybridized carbons (Fsp3) is 0.462. The summed E-state index contributed by atoms with van der Waals surface area (Å²) in [4.78, 5) is 10.8. The number of carboxylic acid groups (broad SMARTS) is 1. The van der Waals surface area contributed by atoms with E-state index in [0.717, 1.165) is 0 Å². The first-order chi connectivity index (χ1) is 8.83. The van der Waals surface area contributed by atoms with Gasteiger partial charge in [-0.05, 0) is 24.1 Å². The van der Waals surface area contributed by atoms with Crippen molar-refractivity contribution in [3.63, 3.8) is 0 Å². The van der Waals surface area contributed by atoms with Gasteiger partial charge in [0.25, 0.3) is 0 Å². The summed E-state index contributed by atoms with van der Waals surface area (Å²) >= 11 is 0. The summed E-state index contributed by atoms with van der Waals surface area (Å²) in [5.74, 6) is -0.950. The molecule has 0 aliphatic heterocycles. The van der Waals surface area contributed by atoms with Gasteiger partial charge in [0.2, 0.25) is 0 Å². The maximum Gasteiger partial charge on any atom is 0.335 e. The summed E-state index contributed by atoms with van der Waals surface area (Å²) < 4.78 is 29.2. The topological polar surface area (TPSA) is 80.7 Å². The highest BCUT2D eigenvalue weighted by atomic mass is 32.2. The van der Waals surface area contributed by atoms with Crippen molar-refractivity contribution in [1.82, 2.24) is 0 Å². The molecule has 0 aromatic heterocycles. The molecule has 5 nitrogen and oxygen atoms in total. The van der Waals surface area contributed by atoms with Crippen LogP contribution in [0.1, 0.15) is 24.2 Å². The summed E-state index contributed by atoms with van der Waals surface area (Å²) in [7, 11) is -3.50. The van der Waals surface area contributed by atoms with Crippen molar-refractivity contribution in [2.45, 2.75) is 18.7 Å². The number of hydrogen-bond acceptors (Lipinski definition) is 4. The zero-order valence-electron chi connectivity index (χ0n) is 11.0. The van der Waals surface area contributed by atoms with E-state index in [1.54, 1.807) is 0 Å². The Morgan fingerprint density at radius 2 is 2.05 bits per heavy atom. The van der Waals surface area contributed by atoms with Gasteiger partial charge < -0.3 is 9.84 Å². The molecule has 0 bridgehead atoms. The van der Waals surface area contributed by atoms with Gasteiger partial charge in [-0.1, -0.05) is 19.9 Å². The zero-order chi connectivity index (χ0) is 14.5. The number of hydrogen-bond donors (Lipinski definition) is 1. The van der Waals surface area contributed by atoms with Gasteiger partial charge in [0.05, 0.1) is 22.8 Å². The van der Waals surface area contributed by atoms with E-state index >= 15 is 0 Å². The first-order valence-corrected chi connectivity index (χ1v) is 7.62. The van der Waals surface area contributed by atoms with Crippen molar-refractivity contribution in [2.75, 3.05) is 19.0 Å². The van der Waals surface area contributed by atoms with E-state index in [4.69, 9.17) is 9.84 Å². The molecular formula is C13H18O5S. The Hall–Kier alpha value is -1.40. The van der Waals surface area contributed by atoms with Crippen LogP contribution >= 0.6 is 0 Å². The molecule has 106 valence electrons. The van der Waals surface area contributed by atoms with Crippen LogP contribution in [-0.4, -0.2) is 38.5 Å². The van der Waals surface area contributed by atoms with Gasteiger partial charge in [-0.3, -0.25) is 0 Å². The maximum absolute atomic E-state index is 12.0. The quantitative estimate of drug-likeness (QED) is 0.773. The van der Waals surface area contributed by atoms with Crippen molar-refractivity contribution in [3.8, 4) is 0 Å². The second-order valence-electron chi connectivity index (χ2n) is 4.62. The van der Waals surface area contributed by atoms with E-state index in [1.807, 2.05) is 13.8 Å². The average Bonchev–Trinajstić information content (AvgIpc) is 2.34. The molecule has 1 N–H and O–H groups in total. The first-order valence-electron chi connectivity index (χ1n) is 5.97. The molecule has 0 radical (unpaired) electrons. The third-order valence-corrected chi connectivity index (χ3v) is 4.06. The third-order valence-electron chi connectivity index (χ3n) is 2.39. The van der Waals surface area contributed by atoms with Crippen molar-refractivity contribution in [2.24, 2.45) is 5.92 Å². The molecule has 0 amide bonds. The minimum Gasteiger partial charge on any atom is -0.478 e. The molecule has 0 fully saturated rings. The van der Waals surface area contributed by atoms with Crippen molar-refractivity contribution < 1.29 is 23.1 Å². The number of carbonyl (C=O) groups is 1. The lowest BCUT2D eigenvalue weighted by Crippen LogP contribution is -2.15. The Bertz CT molecular complexity index is 534. The first kappa shape index (κ1) is 15.7. The molecule has 0 saturated carbocycles. The fourth-order valence-corrected chi connectivity index (χ4v) is 2.59. The lowest BCUT2D eigenvalue weighted by Gasteiger charge is -2.08. The summed E-state index contributed by atoms with van der Waals surface area (Å²) in [5.41, 5.74) is -0.0378. The zero-order valence-corrected chi connectivity index (χ0v) is 11.8. The smallest absolute Gasteiger partial charge is 0.335 e. The largest absolute Gasteiger partial charge is 0.478 e. The van der Waals surface area contributed by atoms with Crippen LogP contribution in [0.2, 0.25) is 0 Å². The second-order valence-corrected chi connectivity index (χ2v) is 6.73. The van der Waals surface area contributed by atoms with Gasteiger partial charge in [0.1, 0.15) is 0 Å². The van der Waals surface area contributed by atoms with E-state index in [1.165, 1.54) is 24.3 Å². The van der Waals surface area contributed by atoms with E-state index in [-0.39, 0.29) is 22.8 Å². The van der Waals surface area contributed by atoms with E-state index < -0.39 is 15.8 Å². The number of aromatic carboxylic acids is 1. The van der Waals surface area contributed by atoms with Gasteiger partial charge in [0, 0.05) is 6.61 Å². The normalized spacial score (nSPS) is 11.7. The number of carboxylic acids is 1. The number of sulfone groups is 1. The third kappa shape index (κ3) is 5.00. The van der Waals surface area contributed by atoms with Crippen molar-refractivity contribution >= 4 is 15.8 Å². The molecule has 0 saturated heterocycles. The Labute approximate surface area is 113 Å². The van der Waals surface area contributed by atoms with Crippen LogP contribution in [0.5, 0.6) is 0 Å². The summed E-state index contributed by atoms with van der Waals surface area (Å²) in [5, 5.41) is 8.83. The molecule has 0 spiro atoms. The molecule has 0 aliphatic rings. The molecule has 1 aromatic rings. The molecule has 19 heavy (non-hydrogen) atoms. The molecule has 6 heteroatoms. The van der Waals surface area contributed by atoms with Gasteiger partial charge >= 0.3 is 5.97 Å². The van der Waals surface area contributed by atoms with Gasteiger partial charge in [0.15, 0.2) is 9.84 Å². The number of rotatable bonds is 7. The molecule has 0 atom stereocenters. The van der Waals surface area contributed by atoms with Crippen molar-refractivity contribution in [1.29, 1.82) is 0 Å². The summed E-state index contributed by atoms with van der Waals surface area (Å²) in [6.07, 6.45) is 0. The fourth-order valence-electron chi connectivity index (χ4n) is 1.43. The van der Waals surface area contributed by atoms with Crippen LogP contribution in [0, 0.1) is 5.92 Å². The molecular weight excluding hydrogens is 268 g/mol. The number of ether oxygens (including phenoxy) is 1. The molecule has 0 heterocycles. The Morgan fingerprint density at radius 3 is 2.63 bits per heavy atom. The van der Waals surface area contributed by atoms with Crippen LogP contribution in [0.25, 0.3) is 0 Å². The van der Waals surface area contributed by atoms with Gasteiger partial charge in [-0.25, -0.2) is 13.2 Å². The van der Waals surface area contributed by atoms with Crippen LogP contribution in [0.15, 0.2) is 29.2 Å². The lowest BCUT2D eigenvalue weighted by atomic mass is 10.2. The standard InChI is InChI=1S/C13H18O5S/c1-10(2)9-18-6-7-19(16,17)12-5-3-4-11(8-12)13(14)15/h3-5,8,10H,6-7,9H2,1-2H3,(H,14,15). The minimum atomic E-state index is -3.50. The van der Waals surface area contributed by atoms with Crippen molar-refractivity contribution in [3.05, 3.63) is 29.8 Å².